The van der Waals surface area contributed by atoms with Crippen molar-refractivity contribution in [3.63, 3.8) is 0 Å². The van der Waals surface area contributed by atoms with E-state index in [1.165, 1.54) is 0 Å². The van der Waals surface area contributed by atoms with E-state index in [9.17, 15) is 0 Å². The molecule has 0 spiro atoms. The maximum Gasteiger partial charge on any atom is 0.0837 e. The number of aromatic nitrogens is 2. The molecule has 2 rings (SSSR count). The van der Waals surface area contributed by atoms with Crippen molar-refractivity contribution >= 4 is 39.1 Å². The minimum atomic E-state index is -0.0996. The monoisotopic (exact) mass is 389 g/mol. The van der Waals surface area contributed by atoms with Gasteiger partial charge >= 0.3 is 0 Å². The Bertz CT molecular complexity index is 625. The standard InChI is InChI=1S/C15H18BrCl2N3/c1-4-19-14(10-6-5-7-11(16)13(10)18)15-12(17)8-20-21(15)9(2)3/h5-9,14,19H,4H2,1-3H3. The summed E-state index contributed by atoms with van der Waals surface area (Å²) in [5.41, 5.74) is 1.92. The highest BCUT2D eigenvalue weighted by Crippen LogP contribution is 2.36. The van der Waals surface area contributed by atoms with Gasteiger partial charge < -0.3 is 5.32 Å². The maximum absolute atomic E-state index is 6.47. The molecule has 6 heteroatoms. The van der Waals surface area contributed by atoms with Crippen LogP contribution in [0.5, 0.6) is 0 Å². The Labute approximate surface area is 143 Å². The third-order valence-corrected chi connectivity index (χ3v) is 4.85. The van der Waals surface area contributed by atoms with Crippen molar-refractivity contribution in [1.82, 2.24) is 15.1 Å². The number of hydrogen-bond donors (Lipinski definition) is 1. The molecule has 21 heavy (non-hydrogen) atoms. The molecule has 0 aliphatic carbocycles. The van der Waals surface area contributed by atoms with Crippen LogP contribution in [0.3, 0.4) is 0 Å². The Kier molecular flexibility index (Phi) is 5.72. The quantitative estimate of drug-likeness (QED) is 0.757. The van der Waals surface area contributed by atoms with Gasteiger partial charge in [0, 0.05) is 10.5 Å². The molecule has 0 aliphatic rings. The lowest BCUT2D eigenvalue weighted by atomic mass is 10.0. The van der Waals surface area contributed by atoms with Gasteiger partial charge in [-0.1, -0.05) is 42.3 Å². The van der Waals surface area contributed by atoms with E-state index >= 15 is 0 Å². The van der Waals surface area contributed by atoms with Gasteiger partial charge in [-0.3, -0.25) is 4.68 Å². The Hall–Kier alpha value is -0.550. The number of halogens is 3. The molecule has 0 aliphatic heterocycles. The molecule has 1 atom stereocenters. The van der Waals surface area contributed by atoms with Crippen molar-refractivity contribution in [1.29, 1.82) is 0 Å². The van der Waals surface area contributed by atoms with Crippen LogP contribution in [0.4, 0.5) is 0 Å². The van der Waals surface area contributed by atoms with Crippen LogP contribution in [0, 0.1) is 0 Å². The predicted molar refractivity (Wildman–Crippen MR) is 92.3 cm³/mol. The molecule has 1 aromatic heterocycles. The van der Waals surface area contributed by atoms with Crippen LogP contribution < -0.4 is 5.32 Å². The van der Waals surface area contributed by atoms with Crippen molar-refractivity contribution in [2.45, 2.75) is 32.9 Å². The van der Waals surface area contributed by atoms with E-state index < -0.39 is 0 Å². The second-order valence-electron chi connectivity index (χ2n) is 5.05. The minimum Gasteiger partial charge on any atom is -0.305 e. The third-order valence-electron chi connectivity index (χ3n) is 3.25. The fourth-order valence-corrected chi connectivity index (χ4v) is 3.19. The van der Waals surface area contributed by atoms with Crippen molar-refractivity contribution in [3.05, 3.63) is 50.2 Å². The SMILES string of the molecule is CCNC(c1cccc(Br)c1Cl)c1c(Cl)cnn1C(C)C. The zero-order chi connectivity index (χ0) is 15.6. The highest BCUT2D eigenvalue weighted by atomic mass is 79.9. The summed E-state index contributed by atoms with van der Waals surface area (Å²) in [5, 5.41) is 9.18. The summed E-state index contributed by atoms with van der Waals surface area (Å²) in [5.74, 6) is 0. The highest BCUT2D eigenvalue weighted by molar-refractivity contribution is 9.10. The van der Waals surface area contributed by atoms with E-state index in [4.69, 9.17) is 23.2 Å². The average Bonchev–Trinajstić information content (AvgIpc) is 2.82. The van der Waals surface area contributed by atoms with Crippen molar-refractivity contribution in [2.75, 3.05) is 6.54 Å². The van der Waals surface area contributed by atoms with E-state index in [-0.39, 0.29) is 12.1 Å². The molecule has 114 valence electrons. The molecule has 2 aromatic rings. The van der Waals surface area contributed by atoms with E-state index in [2.05, 4.69) is 47.1 Å². The largest absolute Gasteiger partial charge is 0.305 e. The van der Waals surface area contributed by atoms with Gasteiger partial charge in [0.05, 0.1) is 28.0 Å². The van der Waals surface area contributed by atoms with Gasteiger partial charge in [0.2, 0.25) is 0 Å². The van der Waals surface area contributed by atoms with E-state index in [1.807, 2.05) is 22.9 Å². The molecule has 1 unspecified atom stereocenters. The fourth-order valence-electron chi connectivity index (χ4n) is 2.33. The number of nitrogens with one attached hydrogen (secondary N) is 1. The van der Waals surface area contributed by atoms with Gasteiger partial charge in [0.15, 0.2) is 0 Å². The summed E-state index contributed by atoms with van der Waals surface area (Å²) in [6.07, 6.45) is 1.69. The van der Waals surface area contributed by atoms with Crippen molar-refractivity contribution in [3.8, 4) is 0 Å². The Morgan fingerprint density at radius 3 is 2.67 bits per heavy atom. The van der Waals surface area contributed by atoms with Gasteiger partial charge in [-0.05, 0) is 48.0 Å². The van der Waals surface area contributed by atoms with Gasteiger partial charge in [-0.15, -0.1) is 0 Å². The second-order valence-corrected chi connectivity index (χ2v) is 6.69. The van der Waals surface area contributed by atoms with Crippen LogP contribution in [0.2, 0.25) is 10.0 Å². The average molecular weight is 391 g/mol. The molecule has 0 fully saturated rings. The molecule has 0 amide bonds. The first kappa shape index (κ1) is 16.8. The number of hydrogen-bond acceptors (Lipinski definition) is 2. The minimum absolute atomic E-state index is 0.0996. The Balaban J connectivity index is 2.59. The lowest BCUT2D eigenvalue weighted by molar-refractivity contribution is 0.476. The van der Waals surface area contributed by atoms with Crippen molar-refractivity contribution in [2.24, 2.45) is 0 Å². The van der Waals surface area contributed by atoms with E-state index in [0.717, 1.165) is 22.3 Å². The smallest absolute Gasteiger partial charge is 0.0837 e. The molecule has 0 saturated heterocycles. The lowest BCUT2D eigenvalue weighted by Crippen LogP contribution is -2.26. The molecule has 0 bridgehead atoms. The van der Waals surface area contributed by atoms with Gasteiger partial charge in [-0.2, -0.15) is 5.10 Å². The zero-order valence-corrected chi connectivity index (χ0v) is 15.3. The Morgan fingerprint density at radius 2 is 2.05 bits per heavy atom. The van der Waals surface area contributed by atoms with Gasteiger partial charge in [-0.25, -0.2) is 0 Å². The molecule has 0 saturated carbocycles. The fraction of sp³-hybridized carbons (Fsp3) is 0.400. The van der Waals surface area contributed by atoms with Gasteiger partial charge in [0.1, 0.15) is 0 Å². The Morgan fingerprint density at radius 1 is 1.33 bits per heavy atom. The highest BCUT2D eigenvalue weighted by Gasteiger charge is 2.25. The summed E-state index contributed by atoms with van der Waals surface area (Å²) < 4.78 is 2.81. The number of nitrogens with zero attached hydrogens (tertiary/aromatic N) is 2. The predicted octanol–water partition coefficient (Wildman–Crippen LogP) is 5.23. The summed E-state index contributed by atoms with van der Waals surface area (Å²) in [6.45, 7) is 7.02. The van der Waals surface area contributed by atoms with Crippen molar-refractivity contribution < 1.29 is 0 Å². The van der Waals surface area contributed by atoms with Crippen LogP contribution >= 0.6 is 39.1 Å². The molecule has 1 aromatic carbocycles. The van der Waals surface area contributed by atoms with Gasteiger partial charge in [0.25, 0.3) is 0 Å². The number of benzene rings is 1. The number of rotatable bonds is 5. The van der Waals surface area contributed by atoms with E-state index in [0.29, 0.717) is 10.0 Å². The van der Waals surface area contributed by atoms with Crippen LogP contribution in [-0.2, 0) is 0 Å². The molecular weight excluding hydrogens is 373 g/mol. The summed E-state index contributed by atoms with van der Waals surface area (Å²) in [6, 6.07) is 6.03. The first-order valence-corrected chi connectivity index (χ1v) is 8.42. The molecule has 1 heterocycles. The zero-order valence-electron chi connectivity index (χ0n) is 12.2. The summed E-state index contributed by atoms with van der Waals surface area (Å²) in [4.78, 5) is 0. The topological polar surface area (TPSA) is 29.9 Å². The second kappa shape index (κ2) is 7.14. The van der Waals surface area contributed by atoms with Crippen LogP contribution in [0.1, 0.15) is 44.1 Å². The first-order valence-electron chi connectivity index (χ1n) is 6.87. The third kappa shape index (κ3) is 3.45. The maximum atomic E-state index is 6.47. The molecule has 3 nitrogen and oxygen atoms in total. The molecule has 0 radical (unpaired) electrons. The van der Waals surface area contributed by atoms with E-state index in [1.54, 1.807) is 6.20 Å². The first-order chi connectivity index (χ1) is 9.97. The normalized spacial score (nSPS) is 12.9. The lowest BCUT2D eigenvalue weighted by Gasteiger charge is -2.23. The van der Waals surface area contributed by atoms with Crippen LogP contribution in [-0.4, -0.2) is 16.3 Å². The molecular formula is C15H18BrCl2N3. The molecule has 1 N–H and O–H groups in total. The van der Waals surface area contributed by atoms with Crippen LogP contribution in [0.15, 0.2) is 28.9 Å². The van der Waals surface area contributed by atoms with Crippen LogP contribution in [0.25, 0.3) is 0 Å². The summed E-state index contributed by atoms with van der Waals surface area (Å²) >= 11 is 16.3. The summed E-state index contributed by atoms with van der Waals surface area (Å²) in [7, 11) is 0.